The standard InChI is InChI=1S/C16H26N4/c1-12(2)20-14-6-10-18-11-13(14)19-15(20)5-7-16(3,4)8-9-17/h6,10-12H,5,7-9,17H2,1-4H3. The summed E-state index contributed by atoms with van der Waals surface area (Å²) >= 11 is 0. The van der Waals surface area contributed by atoms with Gasteiger partial charge in [0.15, 0.2) is 0 Å². The SMILES string of the molecule is CC(C)n1c(CCC(C)(C)CCN)nc2cnccc21. The maximum atomic E-state index is 5.69. The molecule has 2 aromatic heterocycles. The first-order chi connectivity index (χ1) is 9.44. The number of nitrogens with two attached hydrogens (primary N) is 1. The van der Waals surface area contributed by atoms with Crippen LogP contribution in [0.2, 0.25) is 0 Å². The first-order valence-electron chi connectivity index (χ1n) is 7.45. The van der Waals surface area contributed by atoms with Crippen molar-refractivity contribution in [3.8, 4) is 0 Å². The van der Waals surface area contributed by atoms with Gasteiger partial charge in [-0.05, 0) is 44.7 Å². The van der Waals surface area contributed by atoms with Crippen molar-refractivity contribution in [2.75, 3.05) is 6.54 Å². The molecule has 0 unspecified atom stereocenters. The van der Waals surface area contributed by atoms with Gasteiger partial charge in [0.2, 0.25) is 0 Å². The molecule has 0 aromatic carbocycles. The second-order valence-corrected chi connectivity index (χ2v) is 6.56. The van der Waals surface area contributed by atoms with Crippen LogP contribution in [0.25, 0.3) is 11.0 Å². The van der Waals surface area contributed by atoms with E-state index >= 15 is 0 Å². The van der Waals surface area contributed by atoms with Crippen molar-refractivity contribution in [1.29, 1.82) is 0 Å². The Morgan fingerprint density at radius 2 is 2.05 bits per heavy atom. The second kappa shape index (κ2) is 5.92. The zero-order valence-electron chi connectivity index (χ0n) is 13.1. The summed E-state index contributed by atoms with van der Waals surface area (Å²) in [4.78, 5) is 8.94. The van der Waals surface area contributed by atoms with E-state index in [0.717, 1.165) is 37.1 Å². The molecule has 4 nitrogen and oxygen atoms in total. The van der Waals surface area contributed by atoms with Crippen molar-refractivity contribution in [1.82, 2.24) is 14.5 Å². The van der Waals surface area contributed by atoms with Crippen molar-refractivity contribution >= 4 is 11.0 Å². The third-order valence-corrected chi connectivity index (χ3v) is 3.93. The maximum absolute atomic E-state index is 5.69. The molecule has 0 amide bonds. The smallest absolute Gasteiger partial charge is 0.110 e. The van der Waals surface area contributed by atoms with E-state index in [1.807, 2.05) is 12.4 Å². The molecular formula is C16H26N4. The number of aromatic nitrogens is 3. The Hall–Kier alpha value is -1.42. The lowest BCUT2D eigenvalue weighted by Gasteiger charge is -2.24. The lowest BCUT2D eigenvalue weighted by atomic mass is 9.84. The predicted octanol–water partition coefficient (Wildman–Crippen LogP) is 3.32. The molecule has 0 aliphatic carbocycles. The zero-order valence-corrected chi connectivity index (χ0v) is 13.1. The van der Waals surface area contributed by atoms with Gasteiger partial charge in [0.1, 0.15) is 11.3 Å². The van der Waals surface area contributed by atoms with E-state index in [4.69, 9.17) is 10.7 Å². The van der Waals surface area contributed by atoms with E-state index in [9.17, 15) is 0 Å². The monoisotopic (exact) mass is 274 g/mol. The van der Waals surface area contributed by atoms with E-state index in [-0.39, 0.29) is 5.41 Å². The number of rotatable bonds is 6. The fourth-order valence-corrected chi connectivity index (χ4v) is 2.72. The van der Waals surface area contributed by atoms with Crippen LogP contribution in [0.4, 0.5) is 0 Å². The van der Waals surface area contributed by atoms with Gasteiger partial charge in [-0.2, -0.15) is 0 Å². The van der Waals surface area contributed by atoms with Gasteiger partial charge in [0.25, 0.3) is 0 Å². The average molecular weight is 274 g/mol. The molecule has 0 aliphatic rings. The molecule has 2 N–H and O–H groups in total. The molecule has 2 heterocycles. The van der Waals surface area contributed by atoms with Crippen LogP contribution < -0.4 is 5.73 Å². The fraction of sp³-hybridized carbons (Fsp3) is 0.625. The summed E-state index contributed by atoms with van der Waals surface area (Å²) in [6, 6.07) is 2.46. The van der Waals surface area contributed by atoms with Crippen LogP contribution in [0.3, 0.4) is 0 Å². The van der Waals surface area contributed by atoms with Gasteiger partial charge >= 0.3 is 0 Å². The summed E-state index contributed by atoms with van der Waals surface area (Å²) in [5.74, 6) is 1.16. The largest absolute Gasteiger partial charge is 0.330 e. The fourth-order valence-electron chi connectivity index (χ4n) is 2.72. The van der Waals surface area contributed by atoms with Crippen LogP contribution in [-0.2, 0) is 6.42 Å². The highest BCUT2D eigenvalue weighted by molar-refractivity contribution is 5.74. The first kappa shape index (κ1) is 15.0. The van der Waals surface area contributed by atoms with Crippen molar-refractivity contribution in [3.63, 3.8) is 0 Å². The van der Waals surface area contributed by atoms with Gasteiger partial charge in [-0.15, -0.1) is 0 Å². The number of imidazole rings is 1. The Morgan fingerprint density at radius 3 is 2.70 bits per heavy atom. The molecule has 0 radical (unpaired) electrons. The van der Waals surface area contributed by atoms with E-state index in [0.29, 0.717) is 6.04 Å². The molecule has 0 fully saturated rings. The third-order valence-electron chi connectivity index (χ3n) is 3.93. The lowest BCUT2D eigenvalue weighted by molar-refractivity contribution is 0.308. The quantitative estimate of drug-likeness (QED) is 0.879. The Kier molecular flexibility index (Phi) is 4.43. The summed E-state index contributed by atoms with van der Waals surface area (Å²) in [6.45, 7) is 9.72. The van der Waals surface area contributed by atoms with Crippen LogP contribution >= 0.6 is 0 Å². The Bertz CT molecular complexity index is 569. The minimum Gasteiger partial charge on any atom is -0.330 e. The molecule has 2 aromatic rings. The van der Waals surface area contributed by atoms with Crippen LogP contribution in [0.1, 0.15) is 52.4 Å². The van der Waals surface area contributed by atoms with Crippen LogP contribution in [0.5, 0.6) is 0 Å². The van der Waals surface area contributed by atoms with Crippen molar-refractivity contribution in [2.45, 2.75) is 53.0 Å². The molecule has 0 saturated heterocycles. The number of pyridine rings is 1. The van der Waals surface area contributed by atoms with Crippen molar-refractivity contribution < 1.29 is 0 Å². The van der Waals surface area contributed by atoms with Crippen LogP contribution in [0.15, 0.2) is 18.5 Å². The zero-order chi connectivity index (χ0) is 14.8. The summed E-state index contributed by atoms with van der Waals surface area (Å²) in [5, 5.41) is 0. The van der Waals surface area contributed by atoms with Gasteiger partial charge in [0, 0.05) is 18.7 Å². The highest BCUT2D eigenvalue weighted by atomic mass is 15.1. The van der Waals surface area contributed by atoms with Crippen molar-refractivity contribution in [3.05, 3.63) is 24.3 Å². The minimum atomic E-state index is 0.271. The molecule has 0 aliphatic heterocycles. The van der Waals surface area contributed by atoms with Gasteiger partial charge in [-0.1, -0.05) is 13.8 Å². The number of hydrogen-bond acceptors (Lipinski definition) is 3. The molecular weight excluding hydrogens is 248 g/mol. The predicted molar refractivity (Wildman–Crippen MR) is 83.7 cm³/mol. The molecule has 2 rings (SSSR count). The molecule has 0 atom stereocenters. The topological polar surface area (TPSA) is 56.7 Å². The molecule has 0 spiro atoms. The average Bonchev–Trinajstić information content (AvgIpc) is 2.74. The lowest BCUT2D eigenvalue weighted by Crippen LogP contribution is -2.19. The van der Waals surface area contributed by atoms with Crippen LogP contribution in [0, 0.1) is 5.41 Å². The number of nitrogens with zero attached hydrogens (tertiary/aromatic N) is 3. The van der Waals surface area contributed by atoms with Crippen molar-refractivity contribution in [2.24, 2.45) is 11.1 Å². The number of fused-ring (bicyclic) bond motifs is 1. The molecule has 110 valence electrons. The van der Waals surface area contributed by atoms with E-state index < -0.39 is 0 Å². The highest BCUT2D eigenvalue weighted by Gasteiger charge is 2.20. The second-order valence-electron chi connectivity index (χ2n) is 6.56. The van der Waals surface area contributed by atoms with E-state index in [1.165, 1.54) is 5.52 Å². The van der Waals surface area contributed by atoms with Gasteiger partial charge in [0.05, 0.1) is 11.7 Å². The normalized spacial score (nSPS) is 12.5. The van der Waals surface area contributed by atoms with Gasteiger partial charge in [-0.25, -0.2) is 4.98 Å². The summed E-state index contributed by atoms with van der Waals surface area (Å²) in [7, 11) is 0. The van der Waals surface area contributed by atoms with Gasteiger partial charge in [-0.3, -0.25) is 4.98 Å². The minimum absolute atomic E-state index is 0.271. The van der Waals surface area contributed by atoms with E-state index in [1.54, 1.807) is 0 Å². The molecule has 0 bridgehead atoms. The third kappa shape index (κ3) is 3.18. The summed E-state index contributed by atoms with van der Waals surface area (Å²) in [6.07, 6.45) is 6.83. The summed E-state index contributed by atoms with van der Waals surface area (Å²) in [5.41, 5.74) is 8.14. The highest BCUT2D eigenvalue weighted by Crippen LogP contribution is 2.28. The Balaban J connectivity index is 2.27. The Labute approximate surface area is 121 Å². The maximum Gasteiger partial charge on any atom is 0.110 e. The van der Waals surface area contributed by atoms with Gasteiger partial charge < -0.3 is 10.3 Å². The Morgan fingerprint density at radius 1 is 1.30 bits per heavy atom. The van der Waals surface area contributed by atoms with E-state index in [2.05, 4.69) is 43.3 Å². The molecule has 0 saturated carbocycles. The van der Waals surface area contributed by atoms with Crippen LogP contribution in [-0.4, -0.2) is 21.1 Å². The molecule has 20 heavy (non-hydrogen) atoms. The number of hydrogen-bond donors (Lipinski definition) is 1. The summed E-state index contributed by atoms with van der Waals surface area (Å²) < 4.78 is 2.33. The first-order valence-corrected chi connectivity index (χ1v) is 7.45. The number of aryl methyl sites for hydroxylation is 1. The molecule has 4 heteroatoms.